The Morgan fingerprint density at radius 2 is 1.91 bits per heavy atom. The molecule has 4 nitrogen and oxygen atoms in total. The number of ether oxygens (including phenoxy) is 1. The molecule has 0 aromatic heterocycles. The number of aliphatic hydroxyl groups excluding tert-OH is 1. The van der Waals surface area contributed by atoms with Crippen molar-refractivity contribution < 1.29 is 19.0 Å². The highest BCUT2D eigenvalue weighted by Crippen LogP contribution is 2.37. The van der Waals surface area contributed by atoms with Gasteiger partial charge in [-0.3, -0.25) is 0 Å². The number of carbonyl (C=O) groups excluding carboxylic acids is 1. The maximum absolute atomic E-state index is 15.0. The highest BCUT2D eigenvalue weighted by atomic mass is 19.1. The van der Waals surface area contributed by atoms with Crippen LogP contribution in [0.2, 0.25) is 0 Å². The minimum Gasteiger partial charge on any atom is -0.460 e. The monoisotopic (exact) mass is 307 g/mol. The van der Waals surface area contributed by atoms with Gasteiger partial charge in [0.15, 0.2) is 0 Å². The van der Waals surface area contributed by atoms with Gasteiger partial charge in [0.2, 0.25) is 0 Å². The van der Waals surface area contributed by atoms with Crippen LogP contribution in [0.3, 0.4) is 0 Å². The number of benzene rings is 1. The molecule has 0 radical (unpaired) electrons. The van der Waals surface area contributed by atoms with Crippen LogP contribution in [-0.4, -0.2) is 47.8 Å². The molecule has 2 aliphatic rings. The molecule has 2 saturated heterocycles. The highest BCUT2D eigenvalue weighted by Gasteiger charge is 2.45. The first-order chi connectivity index (χ1) is 10.5. The summed E-state index contributed by atoms with van der Waals surface area (Å²) in [5.74, 6) is -0.977. The number of rotatable bonds is 4. The van der Waals surface area contributed by atoms with E-state index in [0.29, 0.717) is 12.1 Å². The van der Waals surface area contributed by atoms with Crippen molar-refractivity contribution >= 4 is 5.97 Å². The molecule has 2 aliphatic heterocycles. The lowest BCUT2D eigenvalue weighted by atomic mass is 9.96. The number of halogens is 1. The quantitative estimate of drug-likeness (QED) is 0.865. The zero-order valence-electron chi connectivity index (χ0n) is 12.7. The highest BCUT2D eigenvalue weighted by molar-refractivity contribution is 5.81. The fourth-order valence-corrected chi connectivity index (χ4v) is 3.68. The first-order valence-electron chi connectivity index (χ1n) is 7.83. The normalized spacial score (nSPS) is 30.8. The molecule has 0 spiro atoms. The summed E-state index contributed by atoms with van der Waals surface area (Å²) >= 11 is 0. The smallest absolute Gasteiger partial charge is 0.351 e. The van der Waals surface area contributed by atoms with E-state index in [1.807, 2.05) is 0 Å². The van der Waals surface area contributed by atoms with Crippen LogP contribution in [0.1, 0.15) is 31.2 Å². The number of nitrogens with zero attached hydrogens (tertiary/aromatic N) is 1. The molecular formula is C17H22FNO3. The predicted octanol–water partition coefficient (Wildman–Crippen LogP) is 2.01. The third kappa shape index (κ3) is 2.63. The van der Waals surface area contributed by atoms with E-state index in [-0.39, 0.29) is 11.7 Å². The summed E-state index contributed by atoms with van der Waals surface area (Å²) < 4.78 is 20.4. The van der Waals surface area contributed by atoms with Crippen molar-refractivity contribution in [3.8, 4) is 0 Å². The molecule has 0 saturated carbocycles. The average molecular weight is 307 g/mol. The van der Waals surface area contributed by atoms with E-state index in [1.54, 1.807) is 18.2 Å². The molecular weight excluding hydrogens is 285 g/mol. The zero-order valence-corrected chi connectivity index (χ0v) is 12.7. The lowest BCUT2D eigenvalue weighted by Gasteiger charge is -2.36. The maximum atomic E-state index is 15.0. The van der Waals surface area contributed by atoms with Crippen LogP contribution < -0.4 is 0 Å². The molecule has 2 unspecified atom stereocenters. The van der Waals surface area contributed by atoms with E-state index in [9.17, 15) is 14.3 Å². The van der Waals surface area contributed by atoms with Crippen molar-refractivity contribution in [3.63, 3.8) is 0 Å². The molecule has 1 aromatic carbocycles. The summed E-state index contributed by atoms with van der Waals surface area (Å²) in [4.78, 5) is 14.6. The van der Waals surface area contributed by atoms with Crippen LogP contribution in [0, 0.1) is 0 Å². The molecule has 1 aromatic rings. The summed E-state index contributed by atoms with van der Waals surface area (Å²) in [6.45, 7) is -0.907. The van der Waals surface area contributed by atoms with Crippen LogP contribution in [0.25, 0.3) is 0 Å². The Kier molecular flexibility index (Phi) is 4.19. The van der Waals surface area contributed by atoms with Crippen LogP contribution in [0.5, 0.6) is 0 Å². The molecule has 0 aliphatic carbocycles. The zero-order chi connectivity index (χ0) is 15.7. The summed E-state index contributed by atoms with van der Waals surface area (Å²) in [6.07, 6.45) is 3.44. The second-order valence-corrected chi connectivity index (χ2v) is 6.37. The topological polar surface area (TPSA) is 49.8 Å². The standard InChI is InChI=1S/C17H22FNO3/c1-19-13-7-8-14(19)10-15(9-13)22-16(21)17(18,11-20)12-5-3-2-4-6-12/h2-6,13-15,20H,7-11H2,1H3/t13-,14+,15?,17?. The Hall–Kier alpha value is -1.46. The summed E-state index contributed by atoms with van der Waals surface area (Å²) in [6, 6.07) is 8.84. The number of piperidine rings is 1. The predicted molar refractivity (Wildman–Crippen MR) is 80.0 cm³/mol. The Balaban J connectivity index is 1.71. The fourth-order valence-electron chi connectivity index (χ4n) is 3.68. The van der Waals surface area contributed by atoms with Gasteiger partial charge in [0, 0.05) is 17.6 Å². The van der Waals surface area contributed by atoms with Crippen LogP contribution >= 0.6 is 0 Å². The third-order valence-corrected chi connectivity index (χ3v) is 5.10. The summed E-state index contributed by atoms with van der Waals surface area (Å²) in [5.41, 5.74) is -2.35. The van der Waals surface area contributed by atoms with Gasteiger partial charge in [-0.05, 0) is 32.7 Å². The fraction of sp³-hybridized carbons (Fsp3) is 0.588. The van der Waals surface area contributed by atoms with Gasteiger partial charge in [0.25, 0.3) is 5.67 Å². The van der Waals surface area contributed by atoms with Gasteiger partial charge in [-0.25, -0.2) is 9.18 Å². The van der Waals surface area contributed by atoms with Gasteiger partial charge in [-0.1, -0.05) is 30.3 Å². The van der Waals surface area contributed by atoms with Crippen molar-refractivity contribution in [2.45, 2.75) is 49.5 Å². The molecule has 5 heteroatoms. The second kappa shape index (κ2) is 5.97. The largest absolute Gasteiger partial charge is 0.460 e. The van der Waals surface area contributed by atoms with Gasteiger partial charge in [-0.15, -0.1) is 0 Å². The number of hydrogen-bond donors (Lipinski definition) is 1. The lowest BCUT2D eigenvalue weighted by Crippen LogP contribution is -2.46. The van der Waals surface area contributed by atoms with Crippen LogP contribution in [0.15, 0.2) is 30.3 Å². The minimum absolute atomic E-state index is 0.137. The van der Waals surface area contributed by atoms with Crippen molar-refractivity contribution in [2.75, 3.05) is 13.7 Å². The Labute approximate surface area is 129 Å². The SMILES string of the molecule is CN1[C@@H]2CC[C@H]1CC(OC(=O)C(F)(CO)c1ccccc1)C2. The maximum Gasteiger partial charge on any atom is 0.351 e. The van der Waals surface area contributed by atoms with Gasteiger partial charge >= 0.3 is 5.97 Å². The van der Waals surface area contributed by atoms with Gasteiger partial charge in [0.1, 0.15) is 6.10 Å². The van der Waals surface area contributed by atoms with E-state index >= 15 is 0 Å². The van der Waals surface area contributed by atoms with Crippen LogP contribution in [-0.2, 0) is 15.2 Å². The Morgan fingerprint density at radius 1 is 1.32 bits per heavy atom. The molecule has 0 amide bonds. The van der Waals surface area contributed by atoms with E-state index in [0.717, 1.165) is 25.7 Å². The van der Waals surface area contributed by atoms with Crippen molar-refractivity contribution in [2.24, 2.45) is 0 Å². The molecule has 2 bridgehead atoms. The summed E-state index contributed by atoms with van der Waals surface area (Å²) in [5, 5.41) is 9.41. The van der Waals surface area contributed by atoms with E-state index in [2.05, 4.69) is 11.9 Å². The lowest BCUT2D eigenvalue weighted by molar-refractivity contribution is -0.170. The number of carbonyl (C=O) groups is 1. The van der Waals surface area contributed by atoms with Crippen molar-refractivity contribution in [1.82, 2.24) is 4.90 Å². The first kappa shape index (κ1) is 15.4. The average Bonchev–Trinajstić information content (AvgIpc) is 2.76. The summed E-state index contributed by atoms with van der Waals surface area (Å²) in [7, 11) is 2.09. The number of aliphatic hydroxyl groups is 1. The molecule has 2 fully saturated rings. The van der Waals surface area contributed by atoms with Gasteiger partial charge in [0.05, 0.1) is 6.61 Å². The molecule has 1 N–H and O–H groups in total. The van der Waals surface area contributed by atoms with E-state index in [4.69, 9.17) is 4.74 Å². The molecule has 4 atom stereocenters. The number of alkyl halides is 1. The molecule has 120 valence electrons. The van der Waals surface area contributed by atoms with Crippen molar-refractivity contribution in [3.05, 3.63) is 35.9 Å². The Morgan fingerprint density at radius 3 is 2.45 bits per heavy atom. The number of fused-ring (bicyclic) bond motifs is 2. The van der Waals surface area contributed by atoms with Crippen LogP contribution in [0.4, 0.5) is 4.39 Å². The van der Waals surface area contributed by atoms with E-state index < -0.39 is 18.2 Å². The van der Waals surface area contributed by atoms with Gasteiger partial charge < -0.3 is 14.7 Å². The van der Waals surface area contributed by atoms with E-state index in [1.165, 1.54) is 12.1 Å². The third-order valence-electron chi connectivity index (χ3n) is 5.10. The number of hydrogen-bond acceptors (Lipinski definition) is 4. The van der Waals surface area contributed by atoms with Gasteiger partial charge in [-0.2, -0.15) is 0 Å². The number of esters is 1. The Bertz CT molecular complexity index is 524. The van der Waals surface area contributed by atoms with Crippen molar-refractivity contribution in [1.29, 1.82) is 0 Å². The first-order valence-corrected chi connectivity index (χ1v) is 7.83. The molecule has 22 heavy (non-hydrogen) atoms. The minimum atomic E-state index is -2.48. The molecule has 2 heterocycles. The molecule has 3 rings (SSSR count). The second-order valence-electron chi connectivity index (χ2n) is 6.37.